The molecule has 0 atom stereocenters. The first-order chi connectivity index (χ1) is 10.9. The lowest BCUT2D eigenvalue weighted by molar-refractivity contribution is 0.0173. The number of ether oxygens (including phenoxy) is 2. The van der Waals surface area contributed by atoms with Gasteiger partial charge in [0.15, 0.2) is 0 Å². The molecule has 1 aromatic rings. The lowest BCUT2D eigenvalue weighted by atomic mass is 9.93. The van der Waals surface area contributed by atoms with E-state index in [-0.39, 0.29) is 23.7 Å². The van der Waals surface area contributed by atoms with E-state index in [9.17, 15) is 13.2 Å². The number of hydrogen-bond acceptors (Lipinski definition) is 5. The normalized spacial score (nSPS) is 21.0. The van der Waals surface area contributed by atoms with Crippen molar-refractivity contribution in [3.05, 3.63) is 23.2 Å². The number of rotatable bonds is 3. The van der Waals surface area contributed by atoms with Gasteiger partial charge in [-0.3, -0.25) is 0 Å². The molecule has 7 nitrogen and oxygen atoms in total. The summed E-state index contributed by atoms with van der Waals surface area (Å²) >= 11 is 5.93. The van der Waals surface area contributed by atoms with Crippen molar-refractivity contribution in [3.8, 4) is 5.75 Å². The smallest absolute Gasteiger partial charge is 0.407 e. The Morgan fingerprint density at radius 2 is 2.04 bits per heavy atom. The predicted octanol–water partition coefficient (Wildman–Crippen LogP) is 1.61. The van der Waals surface area contributed by atoms with E-state index in [1.54, 1.807) is 6.07 Å². The molecule has 126 valence electrons. The number of nitrogens with one attached hydrogen (secondary N) is 1. The summed E-state index contributed by atoms with van der Waals surface area (Å²) in [5.74, 6) is 0.253. The number of halogens is 1. The molecule has 1 N–H and O–H groups in total. The van der Waals surface area contributed by atoms with Crippen LogP contribution in [-0.4, -0.2) is 51.2 Å². The van der Waals surface area contributed by atoms with Gasteiger partial charge in [0.2, 0.25) is 10.0 Å². The fraction of sp³-hybridized carbons (Fsp3) is 0.500. The molecule has 0 radical (unpaired) electrons. The number of benzene rings is 1. The van der Waals surface area contributed by atoms with Crippen molar-refractivity contribution in [1.29, 1.82) is 0 Å². The van der Waals surface area contributed by atoms with Crippen LogP contribution in [0.25, 0.3) is 0 Å². The summed E-state index contributed by atoms with van der Waals surface area (Å²) in [7, 11) is -2.31. The molecule has 3 rings (SSSR count). The number of amides is 1. The number of nitrogens with zero attached hydrogens (tertiary/aromatic N) is 1. The number of sulfonamides is 1. The largest absolute Gasteiger partial charge is 0.495 e. The fourth-order valence-electron chi connectivity index (χ4n) is 2.91. The summed E-state index contributed by atoms with van der Waals surface area (Å²) < 4.78 is 37.5. The van der Waals surface area contributed by atoms with E-state index in [0.29, 0.717) is 24.4 Å². The SMILES string of the molecule is COc1ccc(Cl)cc1S(=O)(=O)N1CCC2(CC1)CNC(=O)O2. The van der Waals surface area contributed by atoms with Crippen molar-refractivity contribution < 1.29 is 22.7 Å². The van der Waals surface area contributed by atoms with Crippen molar-refractivity contribution in [2.24, 2.45) is 0 Å². The van der Waals surface area contributed by atoms with Crippen LogP contribution in [-0.2, 0) is 14.8 Å². The third kappa shape index (κ3) is 2.98. The molecule has 1 aromatic carbocycles. The van der Waals surface area contributed by atoms with Crippen molar-refractivity contribution in [2.75, 3.05) is 26.7 Å². The first-order valence-corrected chi connectivity index (χ1v) is 8.99. The zero-order chi connectivity index (χ0) is 16.7. The van der Waals surface area contributed by atoms with Gasteiger partial charge in [0.1, 0.15) is 16.2 Å². The molecule has 2 aliphatic rings. The number of carbonyl (C=O) groups is 1. The van der Waals surface area contributed by atoms with Gasteiger partial charge in [-0.2, -0.15) is 4.31 Å². The van der Waals surface area contributed by atoms with Crippen LogP contribution < -0.4 is 10.1 Å². The average Bonchev–Trinajstić information content (AvgIpc) is 2.88. The molecule has 1 amide bonds. The second kappa shape index (κ2) is 5.85. The molecule has 0 saturated carbocycles. The van der Waals surface area contributed by atoms with Crippen LogP contribution in [0.2, 0.25) is 5.02 Å². The standard InChI is InChI=1S/C14H17ClN2O5S/c1-21-11-3-2-10(15)8-12(11)23(19,20)17-6-4-14(5-7-17)9-16-13(18)22-14/h2-3,8H,4-7,9H2,1H3,(H,16,18). The van der Waals surface area contributed by atoms with Gasteiger partial charge in [-0.25, -0.2) is 13.2 Å². The van der Waals surface area contributed by atoms with Gasteiger partial charge < -0.3 is 14.8 Å². The summed E-state index contributed by atoms with van der Waals surface area (Å²) in [5.41, 5.74) is -0.596. The second-order valence-corrected chi connectivity index (χ2v) is 7.97. The number of piperidine rings is 1. The molecule has 2 aliphatic heterocycles. The van der Waals surface area contributed by atoms with Crippen molar-refractivity contribution in [1.82, 2.24) is 9.62 Å². The Hall–Kier alpha value is -1.51. The molecule has 0 unspecified atom stereocenters. The third-order valence-electron chi connectivity index (χ3n) is 4.24. The van der Waals surface area contributed by atoms with Crippen molar-refractivity contribution >= 4 is 27.7 Å². The molecule has 0 aliphatic carbocycles. The van der Waals surface area contributed by atoms with E-state index in [2.05, 4.69) is 5.32 Å². The Kier molecular flexibility index (Phi) is 4.16. The molecule has 2 heterocycles. The van der Waals surface area contributed by atoms with Gasteiger partial charge in [-0.15, -0.1) is 0 Å². The monoisotopic (exact) mass is 360 g/mol. The van der Waals surface area contributed by atoms with Crippen LogP contribution in [0.4, 0.5) is 4.79 Å². The van der Waals surface area contributed by atoms with Crippen LogP contribution in [0.15, 0.2) is 23.1 Å². The van der Waals surface area contributed by atoms with Gasteiger partial charge in [0, 0.05) is 31.0 Å². The molecule has 9 heteroatoms. The molecule has 0 bridgehead atoms. The number of carbonyl (C=O) groups excluding carboxylic acids is 1. The van der Waals surface area contributed by atoms with E-state index >= 15 is 0 Å². The van der Waals surface area contributed by atoms with Gasteiger partial charge in [0.05, 0.1) is 13.7 Å². The Bertz CT molecular complexity index is 729. The summed E-state index contributed by atoms with van der Waals surface area (Å²) in [4.78, 5) is 11.3. The maximum absolute atomic E-state index is 12.9. The lowest BCUT2D eigenvalue weighted by Gasteiger charge is -2.36. The van der Waals surface area contributed by atoms with E-state index in [1.807, 2.05) is 0 Å². The minimum Gasteiger partial charge on any atom is -0.495 e. The molecule has 2 saturated heterocycles. The highest BCUT2D eigenvalue weighted by atomic mass is 35.5. The lowest BCUT2D eigenvalue weighted by Crippen LogP contribution is -2.48. The Balaban J connectivity index is 1.82. The molecule has 1 spiro atoms. The number of hydrogen-bond donors (Lipinski definition) is 1. The van der Waals surface area contributed by atoms with Gasteiger partial charge in [0.25, 0.3) is 0 Å². The summed E-state index contributed by atoms with van der Waals surface area (Å²) in [5, 5.41) is 2.95. The van der Waals surface area contributed by atoms with Gasteiger partial charge in [-0.1, -0.05) is 11.6 Å². The summed E-state index contributed by atoms with van der Waals surface area (Å²) in [6.45, 7) is 0.958. The van der Waals surface area contributed by atoms with Crippen molar-refractivity contribution in [3.63, 3.8) is 0 Å². The highest BCUT2D eigenvalue weighted by Crippen LogP contribution is 2.34. The van der Waals surface area contributed by atoms with Crippen LogP contribution in [0, 0.1) is 0 Å². The molecular formula is C14H17ClN2O5S. The van der Waals surface area contributed by atoms with E-state index in [0.717, 1.165) is 0 Å². The topological polar surface area (TPSA) is 84.9 Å². The first kappa shape index (κ1) is 16.4. The van der Waals surface area contributed by atoms with Gasteiger partial charge in [-0.05, 0) is 18.2 Å². The van der Waals surface area contributed by atoms with Crippen LogP contribution in [0.5, 0.6) is 5.75 Å². The Morgan fingerprint density at radius 1 is 1.35 bits per heavy atom. The molecular weight excluding hydrogens is 344 g/mol. The number of alkyl carbamates (subject to hydrolysis) is 1. The van der Waals surface area contributed by atoms with Crippen molar-refractivity contribution in [2.45, 2.75) is 23.3 Å². The first-order valence-electron chi connectivity index (χ1n) is 7.17. The maximum Gasteiger partial charge on any atom is 0.407 e. The summed E-state index contributed by atoms with van der Waals surface area (Å²) in [6, 6.07) is 4.49. The van der Waals surface area contributed by atoms with Crippen LogP contribution in [0.1, 0.15) is 12.8 Å². The zero-order valence-electron chi connectivity index (χ0n) is 12.5. The quantitative estimate of drug-likeness (QED) is 0.885. The minimum atomic E-state index is -3.72. The highest BCUT2D eigenvalue weighted by Gasteiger charge is 2.45. The highest BCUT2D eigenvalue weighted by molar-refractivity contribution is 7.89. The Morgan fingerprint density at radius 3 is 2.61 bits per heavy atom. The van der Waals surface area contributed by atoms with E-state index in [1.165, 1.54) is 23.5 Å². The fourth-order valence-corrected chi connectivity index (χ4v) is 4.77. The minimum absolute atomic E-state index is 0.0463. The second-order valence-electron chi connectivity index (χ2n) is 5.63. The maximum atomic E-state index is 12.9. The third-order valence-corrected chi connectivity index (χ3v) is 6.40. The average molecular weight is 361 g/mol. The number of methoxy groups -OCH3 is 1. The predicted molar refractivity (Wildman–Crippen MR) is 83.2 cm³/mol. The molecule has 2 fully saturated rings. The van der Waals surface area contributed by atoms with E-state index in [4.69, 9.17) is 21.1 Å². The van der Waals surface area contributed by atoms with E-state index < -0.39 is 21.7 Å². The zero-order valence-corrected chi connectivity index (χ0v) is 14.1. The van der Waals surface area contributed by atoms with Crippen LogP contribution >= 0.6 is 11.6 Å². The summed E-state index contributed by atoms with van der Waals surface area (Å²) in [6.07, 6.45) is 0.458. The molecule has 23 heavy (non-hydrogen) atoms. The van der Waals surface area contributed by atoms with Crippen LogP contribution in [0.3, 0.4) is 0 Å². The van der Waals surface area contributed by atoms with Gasteiger partial charge >= 0.3 is 6.09 Å². The molecule has 0 aromatic heterocycles. The Labute approximate surface area is 139 Å².